The maximum Gasteiger partial charge on any atom is 0.194 e. The second-order valence-electron chi connectivity index (χ2n) is 2.71. The van der Waals surface area contributed by atoms with Gasteiger partial charge >= 0.3 is 0 Å². The number of fused-ring (bicyclic) bond motifs is 1. The largest absolute Gasteiger partial charge is 0.590 e. The Hall–Kier alpha value is -1.14. The van der Waals surface area contributed by atoms with Gasteiger partial charge in [-0.1, -0.05) is 11.0 Å². The molecule has 0 saturated carbocycles. The van der Waals surface area contributed by atoms with E-state index in [-0.39, 0.29) is 5.69 Å². The van der Waals surface area contributed by atoms with Gasteiger partial charge in [-0.3, -0.25) is 0 Å². The van der Waals surface area contributed by atoms with E-state index in [1.165, 1.54) is 6.07 Å². The molecule has 0 fully saturated rings. The summed E-state index contributed by atoms with van der Waals surface area (Å²) in [5.41, 5.74) is 3.74. The highest BCUT2D eigenvalue weighted by Gasteiger charge is 2.25. The van der Waals surface area contributed by atoms with Crippen LogP contribution in [-0.4, -0.2) is 0 Å². The Morgan fingerprint density at radius 2 is 2.17 bits per heavy atom. The number of hydrogen-bond acceptors (Lipinski definition) is 4. The van der Waals surface area contributed by atoms with Crippen molar-refractivity contribution >= 4 is 11.4 Å². The van der Waals surface area contributed by atoms with Crippen molar-refractivity contribution in [2.75, 3.05) is 5.48 Å². The first-order valence-electron chi connectivity index (χ1n) is 3.46. The molecule has 0 spiro atoms. The molecule has 0 atom stereocenters. The molecule has 0 saturated heterocycles. The van der Waals surface area contributed by atoms with E-state index >= 15 is 0 Å². The van der Waals surface area contributed by atoms with Crippen molar-refractivity contribution < 1.29 is 4.94 Å². The van der Waals surface area contributed by atoms with Gasteiger partial charge in [0, 0.05) is 6.07 Å². The fourth-order valence-corrected chi connectivity index (χ4v) is 1.13. The SMILES string of the molecule is Cc1ccc2c(c1)NO[N+]2([O-])[O-]. The van der Waals surface area contributed by atoms with Crippen molar-refractivity contribution in [1.29, 1.82) is 0 Å². The van der Waals surface area contributed by atoms with E-state index in [9.17, 15) is 10.4 Å². The van der Waals surface area contributed by atoms with Crippen molar-refractivity contribution in [2.45, 2.75) is 6.92 Å². The van der Waals surface area contributed by atoms with Crippen LogP contribution in [0, 0.1) is 17.3 Å². The van der Waals surface area contributed by atoms with Crippen LogP contribution in [0.3, 0.4) is 0 Å². The third-order valence-corrected chi connectivity index (χ3v) is 1.72. The number of aryl methyl sites for hydroxylation is 1. The summed E-state index contributed by atoms with van der Waals surface area (Å²) in [7, 11) is 0. The fraction of sp³-hybridized carbons (Fsp3) is 0.143. The predicted molar refractivity (Wildman–Crippen MR) is 44.4 cm³/mol. The summed E-state index contributed by atoms with van der Waals surface area (Å²) in [6.07, 6.45) is 0. The smallest absolute Gasteiger partial charge is 0.194 e. The van der Waals surface area contributed by atoms with Gasteiger partial charge in [-0.05, 0) is 18.6 Å². The molecule has 5 heteroatoms. The van der Waals surface area contributed by atoms with Gasteiger partial charge < -0.3 is 10.4 Å². The number of hydrogen-bond donors (Lipinski definition) is 1. The molecular weight excluding hydrogens is 160 g/mol. The topological polar surface area (TPSA) is 67.4 Å². The van der Waals surface area contributed by atoms with Crippen LogP contribution in [0.25, 0.3) is 0 Å². The molecule has 0 unspecified atom stereocenters. The number of rotatable bonds is 0. The van der Waals surface area contributed by atoms with E-state index < -0.39 is 4.97 Å². The third-order valence-electron chi connectivity index (χ3n) is 1.72. The molecule has 0 bridgehead atoms. The molecule has 1 N–H and O–H groups in total. The van der Waals surface area contributed by atoms with Crippen molar-refractivity contribution in [3.8, 4) is 0 Å². The number of anilines is 1. The van der Waals surface area contributed by atoms with E-state index in [1.54, 1.807) is 12.1 Å². The van der Waals surface area contributed by atoms with Crippen LogP contribution in [0.4, 0.5) is 11.4 Å². The molecule has 0 aromatic heterocycles. The lowest BCUT2D eigenvalue weighted by Crippen LogP contribution is -2.32. The molecule has 1 aromatic rings. The van der Waals surface area contributed by atoms with E-state index in [1.807, 2.05) is 6.92 Å². The second kappa shape index (κ2) is 2.18. The molecule has 0 radical (unpaired) electrons. The molecule has 0 aliphatic carbocycles. The molecule has 5 nitrogen and oxygen atoms in total. The highest BCUT2D eigenvalue weighted by atomic mass is 17.2. The van der Waals surface area contributed by atoms with Crippen LogP contribution < -0.4 is 10.5 Å². The summed E-state index contributed by atoms with van der Waals surface area (Å²) in [5, 5.41) is 21.9. The van der Waals surface area contributed by atoms with Crippen LogP contribution in [0.1, 0.15) is 5.56 Å². The zero-order chi connectivity index (χ0) is 8.77. The van der Waals surface area contributed by atoms with Gasteiger partial charge in [-0.2, -0.15) is 4.97 Å². The van der Waals surface area contributed by atoms with Crippen molar-refractivity contribution in [3.63, 3.8) is 0 Å². The Bertz CT molecular complexity index is 324. The molecule has 1 aromatic carbocycles. The summed E-state index contributed by atoms with van der Waals surface area (Å²) in [6.45, 7) is 1.87. The molecule has 1 heterocycles. The quantitative estimate of drug-likeness (QED) is 0.470. The molecular formula is C7H7N2O3-. The maximum absolute atomic E-state index is 10.9. The minimum Gasteiger partial charge on any atom is -0.590 e. The lowest BCUT2D eigenvalue weighted by molar-refractivity contribution is -0.0195. The van der Waals surface area contributed by atoms with Crippen LogP contribution in [-0.2, 0) is 4.94 Å². The van der Waals surface area contributed by atoms with Crippen LogP contribution in [0.5, 0.6) is 0 Å². The Kier molecular flexibility index (Phi) is 1.36. The summed E-state index contributed by atoms with van der Waals surface area (Å²) in [4.78, 5) is 2.18. The first kappa shape index (κ1) is 7.51. The second-order valence-corrected chi connectivity index (χ2v) is 2.71. The summed E-state index contributed by atoms with van der Waals surface area (Å²) < 4.78 is 0. The first-order chi connectivity index (χ1) is 5.59. The van der Waals surface area contributed by atoms with Gasteiger partial charge in [0.1, 0.15) is 5.69 Å². The number of quaternary nitrogens is 1. The average molecular weight is 167 g/mol. The highest BCUT2D eigenvalue weighted by molar-refractivity contribution is 5.70. The Labute approximate surface area is 68.8 Å². The molecule has 12 heavy (non-hydrogen) atoms. The van der Waals surface area contributed by atoms with E-state index in [0.29, 0.717) is 5.69 Å². The standard InChI is InChI=1S/C7H7N2O3/c1-5-2-3-7-6(4-5)8-12-9(7,10)11/h2-4,8H,1H3/q-1. The highest BCUT2D eigenvalue weighted by Crippen LogP contribution is 2.36. The van der Waals surface area contributed by atoms with Crippen molar-refractivity contribution in [2.24, 2.45) is 0 Å². The number of benzene rings is 1. The normalized spacial score (nSPS) is 18.6. The van der Waals surface area contributed by atoms with Gasteiger partial charge in [0.15, 0.2) is 5.69 Å². The average Bonchev–Trinajstić information content (AvgIpc) is 2.27. The van der Waals surface area contributed by atoms with Gasteiger partial charge in [0.2, 0.25) is 0 Å². The molecule has 0 amide bonds. The molecule has 64 valence electrons. The van der Waals surface area contributed by atoms with Crippen LogP contribution >= 0.6 is 0 Å². The zero-order valence-corrected chi connectivity index (χ0v) is 6.40. The predicted octanol–water partition coefficient (Wildman–Crippen LogP) is 1.57. The molecule has 1 aliphatic rings. The summed E-state index contributed by atoms with van der Waals surface area (Å²) in [6, 6.07) is 4.84. The minimum absolute atomic E-state index is 0.0561. The summed E-state index contributed by atoms with van der Waals surface area (Å²) in [5.74, 6) is 0. The minimum atomic E-state index is -2.06. The first-order valence-corrected chi connectivity index (χ1v) is 3.46. The zero-order valence-electron chi connectivity index (χ0n) is 6.40. The monoisotopic (exact) mass is 167 g/mol. The third kappa shape index (κ3) is 0.961. The number of nitrogens with zero attached hydrogens (tertiary/aromatic N) is 1. The lowest BCUT2D eigenvalue weighted by atomic mass is 10.2. The van der Waals surface area contributed by atoms with Gasteiger partial charge in [0.25, 0.3) is 0 Å². The maximum atomic E-state index is 10.9. The van der Waals surface area contributed by atoms with Crippen molar-refractivity contribution in [3.05, 3.63) is 34.2 Å². The van der Waals surface area contributed by atoms with Gasteiger partial charge in [-0.25, -0.2) is 5.48 Å². The molecule has 2 rings (SSSR count). The lowest BCUT2D eigenvalue weighted by Gasteiger charge is -2.34. The summed E-state index contributed by atoms with van der Waals surface area (Å²) >= 11 is 0. The van der Waals surface area contributed by atoms with E-state index in [0.717, 1.165) is 5.56 Å². The Morgan fingerprint density at radius 3 is 2.92 bits per heavy atom. The van der Waals surface area contributed by atoms with Gasteiger partial charge in [0.05, 0.1) is 0 Å². The van der Waals surface area contributed by atoms with E-state index in [4.69, 9.17) is 0 Å². The van der Waals surface area contributed by atoms with Crippen LogP contribution in [0.2, 0.25) is 0 Å². The fourth-order valence-electron chi connectivity index (χ4n) is 1.13. The Balaban J connectivity index is 2.55. The van der Waals surface area contributed by atoms with E-state index in [2.05, 4.69) is 10.4 Å². The van der Waals surface area contributed by atoms with Crippen LogP contribution in [0.15, 0.2) is 18.2 Å². The Morgan fingerprint density at radius 1 is 1.42 bits per heavy atom. The van der Waals surface area contributed by atoms with Gasteiger partial charge in [-0.15, -0.1) is 0 Å². The number of nitrogens with one attached hydrogen (secondary N) is 1. The molecule has 1 aliphatic heterocycles. The van der Waals surface area contributed by atoms with Crippen molar-refractivity contribution in [1.82, 2.24) is 4.97 Å².